The molecule has 0 aliphatic carbocycles. The van der Waals surface area contributed by atoms with Gasteiger partial charge in [0.05, 0.1) is 17.3 Å². The second kappa shape index (κ2) is 5.72. The molecule has 1 amide bonds. The van der Waals surface area contributed by atoms with Gasteiger partial charge in [-0.2, -0.15) is 4.68 Å². The van der Waals surface area contributed by atoms with E-state index in [0.29, 0.717) is 16.6 Å². The van der Waals surface area contributed by atoms with E-state index in [9.17, 15) is 9.59 Å². The van der Waals surface area contributed by atoms with Crippen molar-refractivity contribution in [3.8, 4) is 0 Å². The van der Waals surface area contributed by atoms with E-state index >= 15 is 0 Å². The molecule has 0 saturated heterocycles. The first-order valence-electron chi connectivity index (χ1n) is 6.72. The highest BCUT2D eigenvalue weighted by Gasteiger charge is 2.19. The molecule has 0 bridgehead atoms. The number of benzene rings is 1. The molecule has 7 nitrogen and oxygen atoms in total. The van der Waals surface area contributed by atoms with Crippen molar-refractivity contribution in [2.75, 3.05) is 5.32 Å². The van der Waals surface area contributed by atoms with Crippen LogP contribution in [0.5, 0.6) is 0 Å². The second-order valence-electron chi connectivity index (χ2n) is 4.76. The van der Waals surface area contributed by atoms with Crippen LogP contribution in [0.4, 0.5) is 5.69 Å². The Morgan fingerprint density at radius 2 is 2.05 bits per heavy atom. The molecule has 0 aliphatic heterocycles. The van der Waals surface area contributed by atoms with Crippen LogP contribution in [0.1, 0.15) is 13.0 Å². The smallest absolute Gasteiger partial charge is 0.278 e. The molecular formula is C15H13N5O2. The zero-order valence-corrected chi connectivity index (χ0v) is 11.8. The minimum absolute atomic E-state index is 0.348. The van der Waals surface area contributed by atoms with Gasteiger partial charge >= 0.3 is 0 Å². The number of hydrogen-bond acceptors (Lipinski definition) is 5. The zero-order valence-electron chi connectivity index (χ0n) is 11.8. The van der Waals surface area contributed by atoms with Crippen LogP contribution >= 0.6 is 0 Å². The molecule has 1 aromatic carbocycles. The van der Waals surface area contributed by atoms with Gasteiger partial charge in [-0.1, -0.05) is 17.3 Å². The molecule has 2 heterocycles. The normalized spacial score (nSPS) is 12.0. The van der Waals surface area contributed by atoms with Gasteiger partial charge in [0.1, 0.15) is 11.6 Å². The quantitative estimate of drug-likeness (QED) is 0.788. The van der Waals surface area contributed by atoms with Crippen LogP contribution in [-0.4, -0.2) is 25.9 Å². The fraction of sp³-hybridized carbons (Fsp3) is 0.133. The van der Waals surface area contributed by atoms with Gasteiger partial charge in [-0.05, 0) is 31.2 Å². The van der Waals surface area contributed by atoms with Crippen LogP contribution in [0.15, 0.2) is 53.6 Å². The van der Waals surface area contributed by atoms with E-state index in [1.807, 2.05) is 0 Å². The summed E-state index contributed by atoms with van der Waals surface area (Å²) in [6.45, 7) is 1.59. The first kappa shape index (κ1) is 13.9. The van der Waals surface area contributed by atoms with Crippen LogP contribution in [0.2, 0.25) is 0 Å². The molecule has 1 unspecified atom stereocenters. The lowest BCUT2D eigenvalue weighted by molar-refractivity contribution is -0.119. The van der Waals surface area contributed by atoms with Gasteiger partial charge in [-0.25, -0.2) is 0 Å². The van der Waals surface area contributed by atoms with E-state index in [2.05, 4.69) is 20.6 Å². The Morgan fingerprint density at radius 1 is 1.23 bits per heavy atom. The number of carbonyl (C=O) groups is 1. The number of hydrogen-bond donors (Lipinski definition) is 1. The van der Waals surface area contributed by atoms with Gasteiger partial charge in [0, 0.05) is 6.20 Å². The summed E-state index contributed by atoms with van der Waals surface area (Å²) in [5.74, 6) is -0.361. The number of anilines is 1. The van der Waals surface area contributed by atoms with E-state index < -0.39 is 6.04 Å². The van der Waals surface area contributed by atoms with Gasteiger partial charge < -0.3 is 5.32 Å². The van der Waals surface area contributed by atoms with Gasteiger partial charge in [-0.15, -0.1) is 5.10 Å². The van der Waals surface area contributed by atoms with E-state index in [1.54, 1.807) is 49.5 Å². The lowest BCUT2D eigenvalue weighted by atomic mass is 10.2. The highest BCUT2D eigenvalue weighted by molar-refractivity contribution is 5.93. The fourth-order valence-electron chi connectivity index (χ4n) is 2.05. The maximum Gasteiger partial charge on any atom is 0.278 e. The number of fused-ring (bicyclic) bond motifs is 1. The minimum Gasteiger partial charge on any atom is -0.323 e. The van der Waals surface area contributed by atoms with Crippen molar-refractivity contribution in [1.82, 2.24) is 20.0 Å². The Balaban J connectivity index is 1.92. The summed E-state index contributed by atoms with van der Waals surface area (Å²) < 4.78 is 1.08. The number of aromatic nitrogens is 4. The molecule has 0 aliphatic rings. The summed E-state index contributed by atoms with van der Waals surface area (Å²) >= 11 is 0. The molecule has 0 spiro atoms. The number of carbonyl (C=O) groups excluding carboxylic acids is 1. The Hall–Kier alpha value is -3.09. The monoisotopic (exact) mass is 295 g/mol. The number of pyridine rings is 1. The predicted molar refractivity (Wildman–Crippen MR) is 81.4 cm³/mol. The van der Waals surface area contributed by atoms with Crippen LogP contribution in [-0.2, 0) is 4.79 Å². The topological polar surface area (TPSA) is 89.8 Å². The molecule has 1 atom stereocenters. The SMILES string of the molecule is CC(C(=O)Nc1cccnc1)n1nnc2ccccc2c1=O. The first-order chi connectivity index (χ1) is 10.7. The van der Waals surface area contributed by atoms with Crippen molar-refractivity contribution in [2.24, 2.45) is 0 Å². The summed E-state index contributed by atoms with van der Waals surface area (Å²) in [6, 6.07) is 9.53. The fourth-order valence-corrected chi connectivity index (χ4v) is 2.05. The average molecular weight is 295 g/mol. The van der Waals surface area contributed by atoms with Gasteiger partial charge in [0.2, 0.25) is 5.91 Å². The van der Waals surface area contributed by atoms with Crippen molar-refractivity contribution in [1.29, 1.82) is 0 Å². The molecule has 0 fully saturated rings. The maximum atomic E-state index is 12.4. The molecule has 3 aromatic rings. The molecular weight excluding hydrogens is 282 g/mol. The van der Waals surface area contributed by atoms with Crippen molar-refractivity contribution in [3.63, 3.8) is 0 Å². The van der Waals surface area contributed by atoms with Crippen LogP contribution in [0, 0.1) is 0 Å². The molecule has 3 rings (SSSR count). The molecule has 7 heteroatoms. The summed E-state index contributed by atoms with van der Waals surface area (Å²) in [6.07, 6.45) is 3.14. The standard InChI is InChI=1S/C15H13N5O2/c1-10(14(21)17-11-5-4-8-16-9-11)20-15(22)12-6-2-3-7-13(12)18-19-20/h2-10H,1H3,(H,17,21). The lowest BCUT2D eigenvalue weighted by Crippen LogP contribution is -2.34. The van der Waals surface area contributed by atoms with E-state index in [4.69, 9.17) is 0 Å². The maximum absolute atomic E-state index is 12.4. The van der Waals surface area contributed by atoms with Crippen molar-refractivity contribution in [2.45, 2.75) is 13.0 Å². The van der Waals surface area contributed by atoms with Crippen LogP contribution < -0.4 is 10.9 Å². The van der Waals surface area contributed by atoms with Crippen molar-refractivity contribution >= 4 is 22.5 Å². The Labute approximate surface area is 125 Å². The second-order valence-corrected chi connectivity index (χ2v) is 4.76. The van der Waals surface area contributed by atoms with Gasteiger partial charge in [0.15, 0.2) is 0 Å². The summed E-state index contributed by atoms with van der Waals surface area (Å²) in [4.78, 5) is 28.5. The largest absolute Gasteiger partial charge is 0.323 e. The van der Waals surface area contributed by atoms with E-state index in [1.165, 1.54) is 6.20 Å². The average Bonchev–Trinajstić information content (AvgIpc) is 2.56. The summed E-state index contributed by atoms with van der Waals surface area (Å²) in [7, 11) is 0. The zero-order chi connectivity index (χ0) is 15.5. The predicted octanol–water partition coefficient (Wildman–Crippen LogP) is 1.39. The minimum atomic E-state index is -0.787. The molecule has 2 aromatic heterocycles. The number of nitrogens with zero attached hydrogens (tertiary/aromatic N) is 4. The van der Waals surface area contributed by atoms with E-state index in [-0.39, 0.29) is 11.5 Å². The third-order valence-electron chi connectivity index (χ3n) is 3.27. The summed E-state index contributed by atoms with van der Waals surface area (Å²) in [5, 5.41) is 10.9. The molecule has 0 saturated carbocycles. The molecule has 22 heavy (non-hydrogen) atoms. The van der Waals surface area contributed by atoms with Crippen LogP contribution in [0.3, 0.4) is 0 Å². The number of rotatable bonds is 3. The molecule has 1 N–H and O–H groups in total. The Kier molecular flexibility index (Phi) is 3.61. The molecule has 110 valence electrons. The lowest BCUT2D eigenvalue weighted by Gasteiger charge is -2.13. The highest BCUT2D eigenvalue weighted by atomic mass is 16.2. The van der Waals surface area contributed by atoms with Gasteiger partial charge in [-0.3, -0.25) is 14.6 Å². The Bertz CT molecular complexity index is 876. The van der Waals surface area contributed by atoms with Gasteiger partial charge in [0.25, 0.3) is 5.56 Å². The number of amides is 1. The van der Waals surface area contributed by atoms with E-state index in [0.717, 1.165) is 4.68 Å². The number of nitrogens with one attached hydrogen (secondary N) is 1. The summed E-state index contributed by atoms with van der Waals surface area (Å²) in [5.41, 5.74) is 0.712. The molecule has 0 radical (unpaired) electrons. The third kappa shape index (κ3) is 2.56. The van der Waals surface area contributed by atoms with Crippen molar-refractivity contribution < 1.29 is 4.79 Å². The van der Waals surface area contributed by atoms with Crippen LogP contribution in [0.25, 0.3) is 10.9 Å². The van der Waals surface area contributed by atoms with Crippen molar-refractivity contribution in [3.05, 3.63) is 59.1 Å². The Morgan fingerprint density at radius 3 is 2.82 bits per heavy atom. The highest BCUT2D eigenvalue weighted by Crippen LogP contribution is 2.10. The third-order valence-corrected chi connectivity index (χ3v) is 3.27. The first-order valence-corrected chi connectivity index (χ1v) is 6.72.